The van der Waals surface area contributed by atoms with Crippen LogP contribution in [0.3, 0.4) is 0 Å². The molecule has 0 saturated carbocycles. The van der Waals surface area contributed by atoms with E-state index in [1.165, 1.54) is 0 Å². The van der Waals surface area contributed by atoms with E-state index < -0.39 is 0 Å². The van der Waals surface area contributed by atoms with Gasteiger partial charge in [0.2, 0.25) is 0 Å². The van der Waals surface area contributed by atoms with Gasteiger partial charge in [-0.1, -0.05) is 18.2 Å². The minimum Gasteiger partial charge on any atom is -0.490 e. The van der Waals surface area contributed by atoms with Crippen LogP contribution in [0.15, 0.2) is 30.3 Å². The van der Waals surface area contributed by atoms with Crippen LogP contribution in [-0.4, -0.2) is 48.1 Å². The lowest BCUT2D eigenvalue weighted by Crippen LogP contribution is -2.48. The third-order valence-electron chi connectivity index (χ3n) is 3.79. The number of hydrogen-bond acceptors (Lipinski definition) is 2. The van der Waals surface area contributed by atoms with Crippen LogP contribution < -0.4 is 4.74 Å². The highest BCUT2D eigenvalue weighted by Crippen LogP contribution is 2.19. The minimum atomic E-state index is 0.160. The van der Waals surface area contributed by atoms with Crippen molar-refractivity contribution in [1.82, 2.24) is 9.80 Å². The lowest BCUT2D eigenvalue weighted by molar-refractivity contribution is 0.0963. The quantitative estimate of drug-likeness (QED) is 0.847. The number of carbonyl (C=O) groups excluding carboxylic acids is 1. The third-order valence-corrected chi connectivity index (χ3v) is 3.79. The number of rotatable bonds is 4. The number of amides is 2. The molecule has 0 spiro atoms. The molecule has 1 saturated heterocycles. The Balaban J connectivity index is 1.82. The smallest absolute Gasteiger partial charge is 0.319 e. The van der Waals surface area contributed by atoms with Gasteiger partial charge >= 0.3 is 6.03 Å². The average molecular weight is 276 g/mol. The number of nitrogens with zero attached hydrogens (tertiary/aromatic N) is 2. The van der Waals surface area contributed by atoms with Gasteiger partial charge in [-0.15, -0.1) is 0 Å². The van der Waals surface area contributed by atoms with E-state index in [0.29, 0.717) is 0 Å². The highest BCUT2D eigenvalue weighted by atomic mass is 16.5. The predicted octanol–water partition coefficient (Wildman–Crippen LogP) is 2.99. The van der Waals surface area contributed by atoms with Crippen molar-refractivity contribution < 1.29 is 9.53 Å². The van der Waals surface area contributed by atoms with Gasteiger partial charge in [-0.25, -0.2) is 4.79 Å². The first-order chi connectivity index (χ1) is 9.74. The second kappa shape index (κ2) is 7.17. The van der Waals surface area contributed by atoms with Crippen LogP contribution in [-0.2, 0) is 0 Å². The number of likely N-dealkylation sites (tertiary alicyclic amines) is 1. The standard InChI is InChI=1S/C16H24N2O2/c1-3-17(4-2)16(19)18-12-10-15(11-13-18)20-14-8-6-5-7-9-14/h5-9,15H,3-4,10-13H2,1-2H3. The Morgan fingerprint density at radius 3 is 2.35 bits per heavy atom. The summed E-state index contributed by atoms with van der Waals surface area (Å²) in [5.74, 6) is 0.918. The summed E-state index contributed by atoms with van der Waals surface area (Å²) < 4.78 is 5.94. The van der Waals surface area contributed by atoms with Crippen LogP contribution in [0.1, 0.15) is 26.7 Å². The summed E-state index contributed by atoms with van der Waals surface area (Å²) in [5.41, 5.74) is 0. The summed E-state index contributed by atoms with van der Waals surface area (Å²) in [6, 6.07) is 10.1. The van der Waals surface area contributed by atoms with Gasteiger partial charge in [-0.3, -0.25) is 0 Å². The van der Waals surface area contributed by atoms with E-state index in [-0.39, 0.29) is 12.1 Å². The number of piperidine rings is 1. The Morgan fingerprint density at radius 1 is 1.20 bits per heavy atom. The van der Waals surface area contributed by atoms with E-state index in [1.807, 2.05) is 54.0 Å². The highest BCUT2D eigenvalue weighted by Gasteiger charge is 2.25. The zero-order valence-corrected chi connectivity index (χ0v) is 12.4. The first kappa shape index (κ1) is 14.7. The maximum atomic E-state index is 12.2. The molecule has 0 unspecified atom stereocenters. The van der Waals surface area contributed by atoms with Crippen molar-refractivity contribution in [3.05, 3.63) is 30.3 Å². The second-order valence-electron chi connectivity index (χ2n) is 5.07. The highest BCUT2D eigenvalue weighted by molar-refractivity contribution is 5.74. The molecular weight excluding hydrogens is 252 g/mol. The summed E-state index contributed by atoms with van der Waals surface area (Å²) in [5, 5.41) is 0. The summed E-state index contributed by atoms with van der Waals surface area (Å²) in [6.45, 7) is 7.16. The predicted molar refractivity (Wildman–Crippen MR) is 80.0 cm³/mol. The van der Waals surface area contributed by atoms with Gasteiger partial charge in [-0.2, -0.15) is 0 Å². The van der Waals surface area contributed by atoms with Gasteiger partial charge < -0.3 is 14.5 Å². The molecule has 1 aliphatic rings. The SMILES string of the molecule is CCN(CC)C(=O)N1CCC(Oc2ccccc2)CC1. The molecular formula is C16H24N2O2. The minimum absolute atomic E-state index is 0.160. The van der Waals surface area contributed by atoms with Gasteiger partial charge in [-0.05, 0) is 26.0 Å². The van der Waals surface area contributed by atoms with Crippen LogP contribution in [0, 0.1) is 0 Å². The Labute approximate surface area is 121 Å². The molecule has 4 nitrogen and oxygen atoms in total. The molecule has 0 aromatic heterocycles. The number of urea groups is 1. The summed E-state index contributed by atoms with van der Waals surface area (Å²) >= 11 is 0. The Kier molecular flexibility index (Phi) is 5.27. The molecule has 1 aromatic rings. The van der Waals surface area contributed by atoms with Crippen molar-refractivity contribution in [2.75, 3.05) is 26.2 Å². The Bertz CT molecular complexity index is 410. The van der Waals surface area contributed by atoms with Crippen LogP contribution in [0.4, 0.5) is 4.79 Å². The Morgan fingerprint density at radius 2 is 1.80 bits per heavy atom. The average Bonchev–Trinajstić information content (AvgIpc) is 2.50. The molecule has 0 radical (unpaired) electrons. The van der Waals surface area contributed by atoms with Gasteiger partial charge in [0.05, 0.1) is 0 Å². The van der Waals surface area contributed by atoms with Gasteiger partial charge in [0, 0.05) is 39.0 Å². The number of ether oxygens (including phenoxy) is 1. The molecule has 2 amide bonds. The van der Waals surface area contributed by atoms with Crippen molar-refractivity contribution in [2.45, 2.75) is 32.8 Å². The van der Waals surface area contributed by atoms with Crippen molar-refractivity contribution in [2.24, 2.45) is 0 Å². The summed E-state index contributed by atoms with van der Waals surface area (Å²) in [4.78, 5) is 16.1. The zero-order valence-electron chi connectivity index (χ0n) is 12.4. The van der Waals surface area contributed by atoms with Gasteiger partial charge in [0.1, 0.15) is 11.9 Å². The fourth-order valence-corrected chi connectivity index (χ4v) is 2.55. The van der Waals surface area contributed by atoms with Crippen LogP contribution >= 0.6 is 0 Å². The maximum absolute atomic E-state index is 12.2. The zero-order chi connectivity index (χ0) is 14.4. The second-order valence-corrected chi connectivity index (χ2v) is 5.07. The van der Waals surface area contributed by atoms with Crippen LogP contribution in [0.2, 0.25) is 0 Å². The fraction of sp³-hybridized carbons (Fsp3) is 0.562. The number of para-hydroxylation sites is 1. The van der Waals surface area contributed by atoms with Gasteiger partial charge in [0.15, 0.2) is 0 Å². The van der Waals surface area contributed by atoms with E-state index >= 15 is 0 Å². The number of benzene rings is 1. The lowest BCUT2D eigenvalue weighted by atomic mass is 10.1. The molecule has 0 aliphatic carbocycles. The first-order valence-electron chi connectivity index (χ1n) is 7.50. The molecule has 0 atom stereocenters. The maximum Gasteiger partial charge on any atom is 0.319 e. The molecule has 1 aromatic carbocycles. The molecule has 2 rings (SSSR count). The Hall–Kier alpha value is -1.71. The van der Waals surface area contributed by atoms with E-state index in [1.54, 1.807) is 0 Å². The molecule has 20 heavy (non-hydrogen) atoms. The van der Waals surface area contributed by atoms with Gasteiger partial charge in [0.25, 0.3) is 0 Å². The molecule has 0 N–H and O–H groups in total. The largest absolute Gasteiger partial charge is 0.490 e. The molecule has 1 fully saturated rings. The molecule has 1 heterocycles. The van der Waals surface area contributed by atoms with Crippen molar-refractivity contribution in [1.29, 1.82) is 0 Å². The van der Waals surface area contributed by atoms with E-state index in [2.05, 4.69) is 0 Å². The molecule has 1 aliphatic heterocycles. The summed E-state index contributed by atoms with van der Waals surface area (Å²) in [6.07, 6.45) is 2.03. The normalized spacial score (nSPS) is 16.0. The first-order valence-corrected chi connectivity index (χ1v) is 7.50. The van der Waals surface area contributed by atoms with E-state index in [4.69, 9.17) is 4.74 Å². The molecule has 110 valence electrons. The van der Waals surface area contributed by atoms with Crippen LogP contribution in [0.5, 0.6) is 5.75 Å². The third kappa shape index (κ3) is 3.65. The lowest BCUT2D eigenvalue weighted by Gasteiger charge is -2.35. The monoisotopic (exact) mass is 276 g/mol. The number of hydrogen-bond donors (Lipinski definition) is 0. The van der Waals surface area contributed by atoms with Crippen molar-refractivity contribution in [3.8, 4) is 5.75 Å². The topological polar surface area (TPSA) is 32.8 Å². The van der Waals surface area contributed by atoms with Crippen molar-refractivity contribution >= 4 is 6.03 Å². The van der Waals surface area contributed by atoms with Crippen LogP contribution in [0.25, 0.3) is 0 Å². The summed E-state index contributed by atoms with van der Waals surface area (Å²) in [7, 11) is 0. The fourth-order valence-electron chi connectivity index (χ4n) is 2.55. The van der Waals surface area contributed by atoms with E-state index in [9.17, 15) is 4.79 Å². The van der Waals surface area contributed by atoms with Crippen molar-refractivity contribution in [3.63, 3.8) is 0 Å². The number of carbonyl (C=O) groups is 1. The van der Waals surface area contributed by atoms with E-state index in [0.717, 1.165) is 44.8 Å². The molecule has 4 heteroatoms. The molecule has 0 bridgehead atoms.